The molecule has 0 bridgehead atoms. The van der Waals surface area contributed by atoms with Gasteiger partial charge in [0.25, 0.3) is 5.91 Å². The molecular formula is C13H15NOS. The predicted octanol–water partition coefficient (Wildman–Crippen LogP) is 2.83. The van der Waals surface area contributed by atoms with E-state index in [1.807, 2.05) is 30.0 Å². The summed E-state index contributed by atoms with van der Waals surface area (Å²) in [5.74, 6) is 0.109. The van der Waals surface area contributed by atoms with Gasteiger partial charge in [-0.25, -0.2) is 0 Å². The van der Waals surface area contributed by atoms with E-state index < -0.39 is 0 Å². The zero-order valence-corrected chi connectivity index (χ0v) is 9.93. The number of carbonyl (C=O) groups is 1. The molecule has 1 N–H and O–H groups in total. The molecule has 84 valence electrons. The zero-order chi connectivity index (χ0) is 11.0. The van der Waals surface area contributed by atoms with Crippen molar-refractivity contribution >= 4 is 17.7 Å². The van der Waals surface area contributed by atoms with Crippen LogP contribution in [0.1, 0.15) is 36.0 Å². The number of fused-ring (bicyclic) bond motifs is 2. The fourth-order valence-electron chi connectivity index (χ4n) is 2.57. The highest BCUT2D eigenvalue weighted by Gasteiger charge is 2.31. The maximum absolute atomic E-state index is 12.0. The topological polar surface area (TPSA) is 29.1 Å². The van der Waals surface area contributed by atoms with E-state index in [0.717, 1.165) is 16.9 Å². The predicted molar refractivity (Wildman–Crippen MR) is 65.8 cm³/mol. The zero-order valence-electron chi connectivity index (χ0n) is 9.11. The highest BCUT2D eigenvalue weighted by Crippen LogP contribution is 2.37. The molecule has 2 atom stereocenters. The molecule has 2 nitrogen and oxygen atoms in total. The van der Waals surface area contributed by atoms with Gasteiger partial charge in [-0.3, -0.25) is 4.79 Å². The third kappa shape index (κ3) is 1.73. The fourth-order valence-corrected chi connectivity index (χ4v) is 3.99. The van der Waals surface area contributed by atoms with Gasteiger partial charge in [0.05, 0.1) is 5.56 Å². The maximum atomic E-state index is 12.0. The van der Waals surface area contributed by atoms with Crippen molar-refractivity contribution in [1.82, 2.24) is 5.32 Å². The first-order chi connectivity index (χ1) is 7.84. The van der Waals surface area contributed by atoms with Crippen LogP contribution in [0.2, 0.25) is 0 Å². The molecule has 0 spiro atoms. The molecule has 2 aliphatic rings. The monoisotopic (exact) mass is 233 g/mol. The van der Waals surface area contributed by atoms with Crippen LogP contribution in [0.4, 0.5) is 0 Å². The van der Waals surface area contributed by atoms with Gasteiger partial charge in [-0.1, -0.05) is 25.0 Å². The molecule has 3 heteroatoms. The Kier molecular flexibility index (Phi) is 2.64. The minimum Gasteiger partial charge on any atom is -0.348 e. The van der Waals surface area contributed by atoms with Gasteiger partial charge in [0.15, 0.2) is 0 Å². The van der Waals surface area contributed by atoms with Crippen LogP contribution in [0, 0.1) is 0 Å². The van der Waals surface area contributed by atoms with Crippen LogP contribution in [0.25, 0.3) is 0 Å². The molecule has 0 radical (unpaired) electrons. The molecular weight excluding hydrogens is 218 g/mol. The molecule has 1 heterocycles. The lowest BCUT2D eigenvalue weighted by molar-refractivity contribution is 0.0929. The second-order valence-corrected chi connectivity index (χ2v) is 5.80. The summed E-state index contributed by atoms with van der Waals surface area (Å²) in [5, 5.41) is 3.75. The largest absolute Gasteiger partial charge is 0.348 e. The Morgan fingerprint density at radius 3 is 2.94 bits per heavy atom. The number of amides is 1. The van der Waals surface area contributed by atoms with Crippen molar-refractivity contribution in [2.45, 2.75) is 41.9 Å². The first-order valence-electron chi connectivity index (χ1n) is 5.91. The van der Waals surface area contributed by atoms with Crippen LogP contribution < -0.4 is 5.32 Å². The van der Waals surface area contributed by atoms with E-state index in [1.165, 1.54) is 19.3 Å². The Balaban J connectivity index is 1.97. The average Bonchev–Trinajstić information content (AvgIpc) is 2.45. The van der Waals surface area contributed by atoms with Crippen molar-refractivity contribution in [3.63, 3.8) is 0 Å². The van der Waals surface area contributed by atoms with Crippen LogP contribution in [-0.2, 0) is 0 Å². The molecule has 16 heavy (non-hydrogen) atoms. The fraction of sp³-hybridized carbons (Fsp3) is 0.462. The van der Waals surface area contributed by atoms with Gasteiger partial charge in [-0.15, -0.1) is 11.8 Å². The average molecular weight is 233 g/mol. The standard InChI is InChI=1S/C13H15NOS/c15-13-9-5-1-3-7-11(9)16-12-8-4-2-6-10(12)14-13/h1,3,5,7,10,12H,2,4,6,8H2,(H,14,15). The number of hydrogen-bond donors (Lipinski definition) is 1. The van der Waals surface area contributed by atoms with Crippen LogP contribution in [0.15, 0.2) is 29.2 Å². The first kappa shape index (κ1) is 10.2. The third-order valence-corrected chi connectivity index (χ3v) is 4.91. The van der Waals surface area contributed by atoms with Gasteiger partial charge in [0, 0.05) is 16.2 Å². The van der Waals surface area contributed by atoms with Gasteiger partial charge < -0.3 is 5.32 Å². The molecule has 0 saturated heterocycles. The van der Waals surface area contributed by atoms with Crippen molar-refractivity contribution in [1.29, 1.82) is 0 Å². The Labute approximate surface area is 99.8 Å². The third-order valence-electron chi connectivity index (χ3n) is 3.43. The number of rotatable bonds is 0. The number of nitrogens with one attached hydrogen (secondary N) is 1. The lowest BCUT2D eigenvalue weighted by atomic mass is 9.95. The van der Waals surface area contributed by atoms with Gasteiger partial charge in [0.1, 0.15) is 0 Å². The lowest BCUT2D eigenvalue weighted by Gasteiger charge is -2.29. The Morgan fingerprint density at radius 1 is 1.19 bits per heavy atom. The van der Waals surface area contributed by atoms with Crippen molar-refractivity contribution in [2.75, 3.05) is 0 Å². The number of thioether (sulfide) groups is 1. The normalized spacial score (nSPS) is 28.6. The summed E-state index contributed by atoms with van der Waals surface area (Å²) >= 11 is 1.88. The van der Waals surface area contributed by atoms with Gasteiger partial charge in [-0.2, -0.15) is 0 Å². The molecule has 1 fully saturated rings. The smallest absolute Gasteiger partial charge is 0.252 e. The van der Waals surface area contributed by atoms with E-state index in [9.17, 15) is 4.79 Å². The summed E-state index contributed by atoms with van der Waals surface area (Å²) in [4.78, 5) is 13.2. The molecule has 1 aliphatic heterocycles. The summed E-state index contributed by atoms with van der Waals surface area (Å²) in [6.45, 7) is 0. The summed E-state index contributed by atoms with van der Waals surface area (Å²) in [6, 6.07) is 8.32. The van der Waals surface area contributed by atoms with Crippen LogP contribution >= 0.6 is 11.8 Å². The number of hydrogen-bond acceptors (Lipinski definition) is 2. The van der Waals surface area contributed by atoms with E-state index in [1.54, 1.807) is 0 Å². The van der Waals surface area contributed by atoms with Crippen molar-refractivity contribution < 1.29 is 4.79 Å². The summed E-state index contributed by atoms with van der Waals surface area (Å²) < 4.78 is 0. The second-order valence-electron chi connectivity index (χ2n) is 4.52. The van der Waals surface area contributed by atoms with Crippen molar-refractivity contribution in [3.8, 4) is 0 Å². The number of benzene rings is 1. The number of carbonyl (C=O) groups excluding carboxylic acids is 1. The van der Waals surface area contributed by atoms with Gasteiger partial charge in [0.2, 0.25) is 0 Å². The molecule has 1 aliphatic carbocycles. The highest BCUT2D eigenvalue weighted by molar-refractivity contribution is 8.00. The van der Waals surface area contributed by atoms with E-state index in [-0.39, 0.29) is 5.91 Å². The molecule has 1 amide bonds. The van der Waals surface area contributed by atoms with E-state index >= 15 is 0 Å². The lowest BCUT2D eigenvalue weighted by Crippen LogP contribution is -2.42. The van der Waals surface area contributed by atoms with Crippen LogP contribution in [-0.4, -0.2) is 17.2 Å². The Morgan fingerprint density at radius 2 is 2.00 bits per heavy atom. The molecule has 0 aromatic heterocycles. The van der Waals surface area contributed by atoms with Gasteiger partial charge in [-0.05, 0) is 25.0 Å². The maximum Gasteiger partial charge on any atom is 0.252 e. The molecule has 3 rings (SSSR count). The minimum absolute atomic E-state index is 0.109. The van der Waals surface area contributed by atoms with E-state index in [4.69, 9.17) is 0 Å². The van der Waals surface area contributed by atoms with Gasteiger partial charge >= 0.3 is 0 Å². The highest BCUT2D eigenvalue weighted by atomic mass is 32.2. The van der Waals surface area contributed by atoms with E-state index in [2.05, 4.69) is 11.4 Å². The summed E-state index contributed by atoms with van der Waals surface area (Å²) in [7, 11) is 0. The van der Waals surface area contributed by atoms with E-state index in [0.29, 0.717) is 11.3 Å². The summed E-state index contributed by atoms with van der Waals surface area (Å²) in [5.41, 5.74) is 0.849. The van der Waals surface area contributed by atoms with Crippen LogP contribution in [0.3, 0.4) is 0 Å². The Bertz CT molecular complexity index is 418. The van der Waals surface area contributed by atoms with Crippen LogP contribution in [0.5, 0.6) is 0 Å². The summed E-state index contributed by atoms with van der Waals surface area (Å²) in [6.07, 6.45) is 4.91. The molecule has 1 saturated carbocycles. The van der Waals surface area contributed by atoms with Crippen molar-refractivity contribution in [3.05, 3.63) is 29.8 Å². The Hall–Kier alpha value is -0.960. The SMILES string of the molecule is O=C1NC2CCCCC2Sc2ccccc21. The minimum atomic E-state index is 0.109. The molecule has 1 aromatic rings. The quantitative estimate of drug-likeness (QED) is 0.746. The second kappa shape index (κ2) is 4.13. The molecule has 2 unspecified atom stereocenters. The first-order valence-corrected chi connectivity index (χ1v) is 6.79. The van der Waals surface area contributed by atoms with Crippen molar-refractivity contribution in [2.24, 2.45) is 0 Å². The molecule has 1 aromatic carbocycles.